The monoisotopic (exact) mass is 228 g/mol. The number of phenols is 1. The van der Waals surface area contributed by atoms with Gasteiger partial charge >= 0.3 is 0 Å². The van der Waals surface area contributed by atoms with Crippen molar-refractivity contribution in [3.8, 4) is 5.75 Å². The van der Waals surface area contributed by atoms with Gasteiger partial charge in [0.1, 0.15) is 5.75 Å². The van der Waals surface area contributed by atoms with Crippen molar-refractivity contribution in [2.75, 3.05) is 0 Å². The van der Waals surface area contributed by atoms with Crippen LogP contribution in [0.1, 0.15) is 24.1 Å². The van der Waals surface area contributed by atoms with Crippen LogP contribution in [0, 0.1) is 0 Å². The second-order valence-electron chi connectivity index (χ2n) is 4.05. The van der Waals surface area contributed by atoms with Crippen molar-refractivity contribution in [2.45, 2.75) is 19.5 Å². The molecule has 1 heterocycles. The Labute approximate surface area is 101 Å². The first-order valence-corrected chi connectivity index (χ1v) is 5.67. The Morgan fingerprint density at radius 3 is 2.41 bits per heavy atom. The highest BCUT2D eigenvalue weighted by molar-refractivity contribution is 5.26. The van der Waals surface area contributed by atoms with Crippen molar-refractivity contribution >= 4 is 0 Å². The molecule has 3 heteroatoms. The summed E-state index contributed by atoms with van der Waals surface area (Å²) >= 11 is 0. The fourth-order valence-corrected chi connectivity index (χ4v) is 1.65. The van der Waals surface area contributed by atoms with Crippen LogP contribution >= 0.6 is 0 Å². The molecule has 1 aromatic heterocycles. The van der Waals surface area contributed by atoms with Crippen LogP contribution in [0.15, 0.2) is 48.8 Å². The Morgan fingerprint density at radius 2 is 1.76 bits per heavy atom. The van der Waals surface area contributed by atoms with E-state index in [-0.39, 0.29) is 6.04 Å². The lowest BCUT2D eigenvalue weighted by molar-refractivity contribution is 0.474. The summed E-state index contributed by atoms with van der Waals surface area (Å²) in [7, 11) is 0. The number of hydrogen-bond acceptors (Lipinski definition) is 3. The van der Waals surface area contributed by atoms with Crippen LogP contribution < -0.4 is 5.32 Å². The second kappa shape index (κ2) is 5.46. The zero-order valence-electron chi connectivity index (χ0n) is 9.80. The largest absolute Gasteiger partial charge is 0.508 e. The van der Waals surface area contributed by atoms with Crippen molar-refractivity contribution in [2.24, 2.45) is 0 Å². The predicted molar refractivity (Wildman–Crippen MR) is 67.6 cm³/mol. The van der Waals surface area contributed by atoms with Crippen LogP contribution in [0.3, 0.4) is 0 Å². The Bertz CT molecular complexity index is 453. The van der Waals surface area contributed by atoms with Crippen LogP contribution in [-0.4, -0.2) is 10.1 Å². The molecule has 0 saturated carbocycles. The normalized spacial score (nSPS) is 12.3. The summed E-state index contributed by atoms with van der Waals surface area (Å²) in [5, 5.41) is 12.6. The predicted octanol–water partition coefficient (Wildman–Crippen LogP) is 2.64. The molecular formula is C14H16N2O. The Kier molecular flexibility index (Phi) is 3.73. The van der Waals surface area contributed by atoms with Gasteiger partial charge in [-0.1, -0.05) is 12.1 Å². The molecule has 3 nitrogen and oxygen atoms in total. The number of nitrogens with one attached hydrogen (secondary N) is 1. The van der Waals surface area contributed by atoms with Crippen LogP contribution in [0.5, 0.6) is 5.75 Å². The first-order chi connectivity index (χ1) is 8.25. The standard InChI is InChI=1S/C14H16N2O/c1-11(13-6-8-15-9-7-13)16-10-12-2-4-14(17)5-3-12/h2-9,11,16-17H,10H2,1H3/t11-/m1/s1. The van der Waals surface area contributed by atoms with Crippen molar-refractivity contribution in [3.63, 3.8) is 0 Å². The maximum Gasteiger partial charge on any atom is 0.115 e. The highest BCUT2D eigenvalue weighted by Crippen LogP contribution is 2.13. The fraction of sp³-hybridized carbons (Fsp3) is 0.214. The van der Waals surface area contributed by atoms with Gasteiger partial charge in [0, 0.05) is 25.0 Å². The van der Waals surface area contributed by atoms with E-state index in [9.17, 15) is 5.11 Å². The third-order valence-electron chi connectivity index (χ3n) is 2.75. The summed E-state index contributed by atoms with van der Waals surface area (Å²) in [6.45, 7) is 2.90. The lowest BCUT2D eigenvalue weighted by Gasteiger charge is -2.13. The van der Waals surface area contributed by atoms with E-state index in [1.54, 1.807) is 24.5 Å². The first kappa shape index (κ1) is 11.6. The van der Waals surface area contributed by atoms with E-state index in [0.717, 1.165) is 12.1 Å². The molecule has 1 aromatic carbocycles. The molecule has 1 atom stereocenters. The molecule has 0 spiro atoms. The summed E-state index contributed by atoms with van der Waals surface area (Å²) in [5.41, 5.74) is 2.38. The maximum absolute atomic E-state index is 9.18. The van der Waals surface area contributed by atoms with Crippen molar-refractivity contribution in [3.05, 3.63) is 59.9 Å². The van der Waals surface area contributed by atoms with Gasteiger partial charge in [0.05, 0.1) is 0 Å². The van der Waals surface area contributed by atoms with E-state index in [1.165, 1.54) is 5.56 Å². The molecule has 0 unspecified atom stereocenters. The number of aromatic nitrogens is 1. The van der Waals surface area contributed by atoms with Crippen LogP contribution in [-0.2, 0) is 6.54 Å². The van der Waals surface area contributed by atoms with Crippen molar-refractivity contribution in [1.82, 2.24) is 10.3 Å². The smallest absolute Gasteiger partial charge is 0.115 e. The van der Waals surface area contributed by atoms with Gasteiger partial charge in [0.25, 0.3) is 0 Å². The maximum atomic E-state index is 9.18. The Balaban J connectivity index is 1.92. The number of benzene rings is 1. The van der Waals surface area contributed by atoms with Gasteiger partial charge in [-0.05, 0) is 42.3 Å². The molecule has 0 aliphatic heterocycles. The van der Waals surface area contributed by atoms with Gasteiger partial charge in [0.2, 0.25) is 0 Å². The molecule has 0 radical (unpaired) electrons. The summed E-state index contributed by atoms with van der Waals surface area (Å²) < 4.78 is 0. The van der Waals surface area contributed by atoms with Gasteiger partial charge in [0.15, 0.2) is 0 Å². The second-order valence-corrected chi connectivity index (χ2v) is 4.05. The molecule has 17 heavy (non-hydrogen) atoms. The molecule has 88 valence electrons. The molecule has 0 aliphatic carbocycles. The number of phenolic OH excluding ortho intramolecular Hbond substituents is 1. The van der Waals surface area contributed by atoms with Gasteiger partial charge in [-0.3, -0.25) is 4.98 Å². The Morgan fingerprint density at radius 1 is 1.12 bits per heavy atom. The summed E-state index contributed by atoms with van der Waals surface area (Å²) in [5.74, 6) is 0.302. The lowest BCUT2D eigenvalue weighted by atomic mass is 10.1. The van der Waals surface area contributed by atoms with Gasteiger partial charge < -0.3 is 10.4 Å². The average molecular weight is 228 g/mol. The number of rotatable bonds is 4. The minimum Gasteiger partial charge on any atom is -0.508 e. The molecule has 0 bridgehead atoms. The van der Waals surface area contributed by atoms with Crippen LogP contribution in [0.2, 0.25) is 0 Å². The number of pyridine rings is 1. The van der Waals surface area contributed by atoms with Gasteiger partial charge in [-0.15, -0.1) is 0 Å². The number of hydrogen-bond donors (Lipinski definition) is 2. The number of aromatic hydroxyl groups is 1. The summed E-state index contributed by atoms with van der Waals surface area (Å²) in [4.78, 5) is 4.00. The van der Waals surface area contributed by atoms with Crippen LogP contribution in [0.25, 0.3) is 0 Å². The zero-order chi connectivity index (χ0) is 12.1. The third kappa shape index (κ3) is 3.29. The molecule has 2 aromatic rings. The van der Waals surface area contributed by atoms with Gasteiger partial charge in [-0.25, -0.2) is 0 Å². The highest BCUT2D eigenvalue weighted by Gasteiger charge is 2.03. The fourth-order valence-electron chi connectivity index (χ4n) is 1.65. The molecule has 2 N–H and O–H groups in total. The van der Waals surface area contributed by atoms with E-state index in [0.29, 0.717) is 5.75 Å². The number of nitrogens with zero attached hydrogens (tertiary/aromatic N) is 1. The van der Waals surface area contributed by atoms with E-state index in [2.05, 4.69) is 17.2 Å². The highest BCUT2D eigenvalue weighted by atomic mass is 16.3. The SMILES string of the molecule is C[C@@H](NCc1ccc(O)cc1)c1ccncc1. The van der Waals surface area contributed by atoms with Gasteiger partial charge in [-0.2, -0.15) is 0 Å². The van der Waals surface area contributed by atoms with E-state index in [1.807, 2.05) is 24.3 Å². The van der Waals surface area contributed by atoms with Crippen molar-refractivity contribution in [1.29, 1.82) is 0 Å². The van der Waals surface area contributed by atoms with Crippen LogP contribution in [0.4, 0.5) is 0 Å². The molecule has 0 fully saturated rings. The van der Waals surface area contributed by atoms with E-state index >= 15 is 0 Å². The lowest BCUT2D eigenvalue weighted by Crippen LogP contribution is -2.17. The quantitative estimate of drug-likeness (QED) is 0.845. The van der Waals surface area contributed by atoms with E-state index < -0.39 is 0 Å². The molecule has 0 aliphatic rings. The Hall–Kier alpha value is -1.87. The summed E-state index contributed by atoms with van der Waals surface area (Å²) in [6.07, 6.45) is 3.60. The molecule has 2 rings (SSSR count). The minimum absolute atomic E-state index is 0.284. The molecule has 0 saturated heterocycles. The van der Waals surface area contributed by atoms with E-state index in [4.69, 9.17) is 0 Å². The minimum atomic E-state index is 0.284. The summed E-state index contributed by atoms with van der Waals surface area (Å²) in [6, 6.07) is 11.5. The average Bonchev–Trinajstić information content (AvgIpc) is 2.39. The topological polar surface area (TPSA) is 45.1 Å². The molecule has 0 amide bonds. The first-order valence-electron chi connectivity index (χ1n) is 5.67. The zero-order valence-corrected chi connectivity index (χ0v) is 9.80. The van der Waals surface area contributed by atoms with Crippen molar-refractivity contribution < 1.29 is 5.11 Å². The third-order valence-corrected chi connectivity index (χ3v) is 2.75. The molecular weight excluding hydrogens is 212 g/mol.